The van der Waals surface area contributed by atoms with Gasteiger partial charge in [0.25, 0.3) is 0 Å². The van der Waals surface area contributed by atoms with Gasteiger partial charge in [0.2, 0.25) is 0 Å². The number of hydrogen-bond donors (Lipinski definition) is 1. The second kappa shape index (κ2) is 3.87. The van der Waals surface area contributed by atoms with Gasteiger partial charge >= 0.3 is 0 Å². The highest BCUT2D eigenvalue weighted by Crippen LogP contribution is 2.40. The molecule has 4 heteroatoms. The van der Waals surface area contributed by atoms with Crippen LogP contribution in [0.25, 0.3) is 0 Å². The maximum Gasteiger partial charge on any atom is 0.0849 e. The van der Waals surface area contributed by atoms with Gasteiger partial charge in [-0.1, -0.05) is 6.07 Å². The van der Waals surface area contributed by atoms with Crippen molar-refractivity contribution in [2.75, 3.05) is 32.9 Å². The van der Waals surface area contributed by atoms with Crippen molar-refractivity contribution in [2.24, 2.45) is 0 Å². The Bertz CT molecular complexity index is 315. The lowest BCUT2D eigenvalue weighted by atomic mass is 9.78. The van der Waals surface area contributed by atoms with E-state index in [-0.39, 0.29) is 11.5 Å². The van der Waals surface area contributed by atoms with Crippen LogP contribution in [0.15, 0.2) is 17.5 Å². The van der Waals surface area contributed by atoms with Crippen LogP contribution in [0.3, 0.4) is 0 Å². The molecule has 2 saturated heterocycles. The van der Waals surface area contributed by atoms with Crippen molar-refractivity contribution >= 4 is 11.3 Å². The lowest BCUT2D eigenvalue weighted by molar-refractivity contribution is -0.144. The summed E-state index contributed by atoms with van der Waals surface area (Å²) in [6, 6.07) is 4.31. The first-order chi connectivity index (χ1) is 7.42. The van der Waals surface area contributed by atoms with Crippen LogP contribution in [-0.4, -0.2) is 39.0 Å². The molecule has 0 aromatic carbocycles. The van der Waals surface area contributed by atoms with Gasteiger partial charge in [-0.3, -0.25) is 0 Å². The highest BCUT2D eigenvalue weighted by molar-refractivity contribution is 7.10. The van der Waals surface area contributed by atoms with E-state index in [1.54, 1.807) is 0 Å². The number of morpholine rings is 1. The van der Waals surface area contributed by atoms with E-state index in [1.165, 1.54) is 4.88 Å². The summed E-state index contributed by atoms with van der Waals surface area (Å²) in [4.78, 5) is 1.41. The van der Waals surface area contributed by atoms with Crippen molar-refractivity contribution in [3.63, 3.8) is 0 Å². The molecule has 0 saturated carbocycles. The van der Waals surface area contributed by atoms with Crippen molar-refractivity contribution in [1.29, 1.82) is 0 Å². The fourth-order valence-electron chi connectivity index (χ4n) is 2.29. The minimum Gasteiger partial charge on any atom is -0.379 e. The molecule has 2 aliphatic heterocycles. The second-order valence-electron chi connectivity index (χ2n) is 4.19. The van der Waals surface area contributed by atoms with Crippen LogP contribution in [0.5, 0.6) is 0 Å². The first kappa shape index (κ1) is 9.78. The van der Waals surface area contributed by atoms with Crippen LogP contribution < -0.4 is 5.32 Å². The Morgan fingerprint density at radius 2 is 2.40 bits per heavy atom. The molecular weight excluding hydrogens is 210 g/mol. The maximum atomic E-state index is 5.87. The molecule has 0 bridgehead atoms. The normalized spacial score (nSPS) is 29.7. The second-order valence-corrected chi connectivity index (χ2v) is 5.14. The molecule has 3 heterocycles. The van der Waals surface area contributed by atoms with Crippen LogP contribution in [0, 0.1) is 0 Å². The topological polar surface area (TPSA) is 30.5 Å². The fourth-order valence-corrected chi connectivity index (χ4v) is 3.24. The van der Waals surface area contributed by atoms with Crippen molar-refractivity contribution < 1.29 is 9.47 Å². The Hall–Kier alpha value is -0.420. The molecule has 15 heavy (non-hydrogen) atoms. The van der Waals surface area contributed by atoms with E-state index >= 15 is 0 Å². The minimum atomic E-state index is 0.127. The van der Waals surface area contributed by atoms with Crippen LogP contribution >= 0.6 is 11.3 Å². The summed E-state index contributed by atoms with van der Waals surface area (Å²) >= 11 is 1.81. The molecule has 1 N–H and O–H groups in total. The number of rotatable bonds is 2. The van der Waals surface area contributed by atoms with E-state index < -0.39 is 0 Å². The molecule has 1 unspecified atom stereocenters. The lowest BCUT2D eigenvalue weighted by Crippen LogP contribution is -2.60. The summed E-state index contributed by atoms with van der Waals surface area (Å²) in [7, 11) is 0. The van der Waals surface area contributed by atoms with Gasteiger partial charge < -0.3 is 14.8 Å². The monoisotopic (exact) mass is 225 g/mol. The SMILES string of the molecule is c1csc(C2(C3CNCCO3)COC2)c1. The third-order valence-electron chi connectivity index (χ3n) is 3.28. The summed E-state index contributed by atoms with van der Waals surface area (Å²) in [5.41, 5.74) is 0.127. The third kappa shape index (κ3) is 1.52. The zero-order valence-corrected chi connectivity index (χ0v) is 9.39. The summed E-state index contributed by atoms with van der Waals surface area (Å²) in [6.07, 6.45) is 0.277. The van der Waals surface area contributed by atoms with Crippen molar-refractivity contribution in [3.05, 3.63) is 22.4 Å². The molecule has 0 radical (unpaired) electrons. The van der Waals surface area contributed by atoms with E-state index in [9.17, 15) is 0 Å². The van der Waals surface area contributed by atoms with Crippen molar-refractivity contribution in [1.82, 2.24) is 5.32 Å². The van der Waals surface area contributed by atoms with Gasteiger partial charge in [-0.25, -0.2) is 0 Å². The van der Waals surface area contributed by atoms with Gasteiger partial charge in [0, 0.05) is 18.0 Å². The van der Waals surface area contributed by atoms with Gasteiger partial charge in [0.15, 0.2) is 0 Å². The van der Waals surface area contributed by atoms with E-state index in [4.69, 9.17) is 9.47 Å². The van der Waals surface area contributed by atoms with E-state index in [2.05, 4.69) is 22.8 Å². The van der Waals surface area contributed by atoms with Crippen molar-refractivity contribution in [2.45, 2.75) is 11.5 Å². The maximum absolute atomic E-state index is 5.87. The van der Waals surface area contributed by atoms with Crippen LogP contribution in [-0.2, 0) is 14.9 Å². The van der Waals surface area contributed by atoms with Gasteiger partial charge in [0.05, 0.1) is 31.3 Å². The Balaban J connectivity index is 1.85. The summed E-state index contributed by atoms with van der Waals surface area (Å²) in [6.45, 7) is 4.34. The molecule has 2 aliphatic rings. The molecule has 1 atom stereocenters. The first-order valence-corrected chi connectivity index (χ1v) is 6.24. The number of nitrogens with one attached hydrogen (secondary N) is 1. The molecule has 3 nitrogen and oxygen atoms in total. The average Bonchev–Trinajstić information content (AvgIpc) is 2.72. The molecule has 3 rings (SSSR count). The Morgan fingerprint density at radius 3 is 2.93 bits per heavy atom. The van der Waals surface area contributed by atoms with Gasteiger partial charge in [-0.2, -0.15) is 0 Å². The third-order valence-corrected chi connectivity index (χ3v) is 4.36. The molecule has 0 aliphatic carbocycles. The van der Waals surface area contributed by atoms with Crippen LogP contribution in [0.2, 0.25) is 0 Å². The Kier molecular flexibility index (Phi) is 2.52. The highest BCUT2D eigenvalue weighted by atomic mass is 32.1. The molecule has 1 aromatic heterocycles. The van der Waals surface area contributed by atoms with Crippen molar-refractivity contribution in [3.8, 4) is 0 Å². The molecular formula is C11H15NO2S. The summed E-state index contributed by atoms with van der Waals surface area (Å²) in [5, 5.41) is 5.53. The highest BCUT2D eigenvalue weighted by Gasteiger charge is 2.49. The fraction of sp³-hybridized carbons (Fsp3) is 0.636. The first-order valence-electron chi connectivity index (χ1n) is 5.36. The van der Waals surface area contributed by atoms with Gasteiger partial charge in [-0.15, -0.1) is 11.3 Å². The number of hydrogen-bond acceptors (Lipinski definition) is 4. The Labute approximate surface area is 93.4 Å². The largest absolute Gasteiger partial charge is 0.379 e. The number of ether oxygens (including phenoxy) is 2. The molecule has 1 aromatic rings. The number of thiophene rings is 1. The van der Waals surface area contributed by atoms with Crippen LogP contribution in [0.4, 0.5) is 0 Å². The van der Waals surface area contributed by atoms with E-state index in [0.29, 0.717) is 0 Å². The van der Waals surface area contributed by atoms with Gasteiger partial charge in [0.1, 0.15) is 0 Å². The molecule has 82 valence electrons. The van der Waals surface area contributed by atoms with E-state index in [1.807, 2.05) is 11.3 Å². The molecule has 0 spiro atoms. The van der Waals surface area contributed by atoms with Crippen LogP contribution in [0.1, 0.15) is 4.88 Å². The lowest BCUT2D eigenvalue weighted by Gasteiger charge is -2.47. The minimum absolute atomic E-state index is 0.127. The zero-order chi connectivity index (χ0) is 10.1. The quantitative estimate of drug-likeness (QED) is 0.814. The smallest absolute Gasteiger partial charge is 0.0849 e. The van der Waals surface area contributed by atoms with E-state index in [0.717, 1.165) is 32.9 Å². The molecule has 0 amide bonds. The summed E-state index contributed by atoms with van der Waals surface area (Å²) in [5.74, 6) is 0. The summed E-state index contributed by atoms with van der Waals surface area (Å²) < 4.78 is 11.3. The standard InChI is InChI=1S/C11H15NO2S/c1-2-10(15-5-1)11(7-13-8-11)9-6-12-3-4-14-9/h1-2,5,9,12H,3-4,6-8H2. The zero-order valence-electron chi connectivity index (χ0n) is 8.57. The predicted molar refractivity (Wildman–Crippen MR) is 59.4 cm³/mol. The Morgan fingerprint density at radius 1 is 1.47 bits per heavy atom. The predicted octanol–water partition coefficient (Wildman–Crippen LogP) is 1.00. The van der Waals surface area contributed by atoms with Gasteiger partial charge in [-0.05, 0) is 11.4 Å². The average molecular weight is 225 g/mol. The molecule has 2 fully saturated rings.